The second kappa shape index (κ2) is 8.54. The van der Waals surface area contributed by atoms with Gasteiger partial charge in [0.05, 0.1) is 0 Å². The molecule has 3 N–H and O–H groups in total. The van der Waals surface area contributed by atoms with Crippen molar-refractivity contribution in [2.45, 2.75) is 32.6 Å². The first-order valence-electron chi connectivity index (χ1n) is 9.18. The van der Waals surface area contributed by atoms with Crippen molar-refractivity contribution in [2.24, 2.45) is 0 Å². The predicted octanol–water partition coefficient (Wildman–Crippen LogP) is 3.22. The molecule has 140 valence electrons. The maximum absolute atomic E-state index is 12.2. The van der Waals surface area contributed by atoms with E-state index in [9.17, 15) is 14.7 Å². The molecular weight excluding hydrogens is 340 g/mol. The van der Waals surface area contributed by atoms with Crippen LogP contribution in [0.4, 0.5) is 0 Å². The Morgan fingerprint density at radius 3 is 2.63 bits per heavy atom. The molecule has 3 rings (SSSR count). The summed E-state index contributed by atoms with van der Waals surface area (Å²) in [7, 11) is 0. The molecule has 0 aliphatic heterocycles. The van der Waals surface area contributed by atoms with Crippen molar-refractivity contribution in [1.29, 1.82) is 0 Å². The van der Waals surface area contributed by atoms with Crippen LogP contribution in [0.2, 0.25) is 0 Å². The number of carbonyl (C=O) groups is 1. The SMILES string of the molecule is Cc1ccc2cc(CCC(=O)NCCCc3ccc(O)cc3)c(=O)[nH]c2c1. The zero-order valence-electron chi connectivity index (χ0n) is 15.4. The summed E-state index contributed by atoms with van der Waals surface area (Å²) in [5, 5.41) is 13.1. The Kier molecular flexibility index (Phi) is 5.91. The van der Waals surface area contributed by atoms with Gasteiger partial charge in [-0.1, -0.05) is 24.3 Å². The molecule has 5 nitrogen and oxygen atoms in total. The number of phenolic OH excluding ortho intramolecular Hbond substituents is 1. The van der Waals surface area contributed by atoms with E-state index in [2.05, 4.69) is 10.3 Å². The highest BCUT2D eigenvalue weighted by Crippen LogP contribution is 2.14. The zero-order valence-corrected chi connectivity index (χ0v) is 15.4. The van der Waals surface area contributed by atoms with E-state index >= 15 is 0 Å². The van der Waals surface area contributed by atoms with Crippen molar-refractivity contribution < 1.29 is 9.90 Å². The summed E-state index contributed by atoms with van der Waals surface area (Å²) in [5.41, 5.74) is 3.54. The average Bonchev–Trinajstić information content (AvgIpc) is 2.65. The lowest BCUT2D eigenvalue weighted by molar-refractivity contribution is -0.121. The van der Waals surface area contributed by atoms with Gasteiger partial charge in [0.1, 0.15) is 5.75 Å². The Hall–Kier alpha value is -3.08. The number of rotatable bonds is 7. The monoisotopic (exact) mass is 364 g/mol. The van der Waals surface area contributed by atoms with Crippen LogP contribution < -0.4 is 10.9 Å². The van der Waals surface area contributed by atoms with Crippen LogP contribution >= 0.6 is 0 Å². The summed E-state index contributed by atoms with van der Waals surface area (Å²) in [4.78, 5) is 27.1. The molecule has 5 heteroatoms. The highest BCUT2D eigenvalue weighted by molar-refractivity contribution is 5.80. The number of aromatic hydroxyl groups is 1. The molecular formula is C22H24N2O3. The van der Waals surface area contributed by atoms with Gasteiger partial charge in [-0.15, -0.1) is 0 Å². The number of pyridine rings is 1. The number of carbonyl (C=O) groups excluding carboxylic acids is 1. The average molecular weight is 364 g/mol. The van der Waals surface area contributed by atoms with E-state index in [1.165, 1.54) is 0 Å². The number of nitrogens with one attached hydrogen (secondary N) is 2. The molecule has 0 spiro atoms. The van der Waals surface area contributed by atoms with E-state index in [4.69, 9.17) is 0 Å². The number of hydrogen-bond donors (Lipinski definition) is 3. The van der Waals surface area contributed by atoms with Gasteiger partial charge in [0.2, 0.25) is 5.91 Å². The number of aromatic amines is 1. The van der Waals surface area contributed by atoms with Gasteiger partial charge < -0.3 is 15.4 Å². The molecule has 1 heterocycles. The summed E-state index contributed by atoms with van der Waals surface area (Å²) >= 11 is 0. The fourth-order valence-electron chi connectivity index (χ4n) is 3.07. The van der Waals surface area contributed by atoms with E-state index in [0.717, 1.165) is 34.9 Å². The quantitative estimate of drug-likeness (QED) is 0.563. The minimum Gasteiger partial charge on any atom is -0.508 e. The second-order valence-electron chi connectivity index (χ2n) is 6.83. The molecule has 3 aromatic rings. The molecule has 0 radical (unpaired) electrons. The molecule has 27 heavy (non-hydrogen) atoms. The zero-order chi connectivity index (χ0) is 19.2. The van der Waals surface area contributed by atoms with Gasteiger partial charge >= 0.3 is 0 Å². The predicted molar refractivity (Wildman–Crippen MR) is 107 cm³/mol. The second-order valence-corrected chi connectivity index (χ2v) is 6.83. The van der Waals surface area contributed by atoms with E-state index < -0.39 is 0 Å². The minimum atomic E-state index is -0.131. The van der Waals surface area contributed by atoms with Crippen molar-refractivity contribution in [3.63, 3.8) is 0 Å². The molecule has 0 aliphatic carbocycles. The lowest BCUT2D eigenvalue weighted by atomic mass is 10.1. The van der Waals surface area contributed by atoms with E-state index in [1.807, 2.05) is 43.3 Å². The van der Waals surface area contributed by atoms with Gasteiger partial charge in [-0.25, -0.2) is 0 Å². The van der Waals surface area contributed by atoms with Crippen LogP contribution in [-0.4, -0.2) is 22.5 Å². The van der Waals surface area contributed by atoms with Crippen molar-refractivity contribution in [1.82, 2.24) is 10.3 Å². The lowest BCUT2D eigenvalue weighted by Gasteiger charge is -2.07. The van der Waals surface area contributed by atoms with Gasteiger partial charge in [-0.3, -0.25) is 9.59 Å². The Balaban J connectivity index is 1.47. The van der Waals surface area contributed by atoms with Crippen molar-refractivity contribution in [3.8, 4) is 5.75 Å². The summed E-state index contributed by atoms with van der Waals surface area (Å²) in [6.07, 6.45) is 2.37. The first-order valence-corrected chi connectivity index (χ1v) is 9.18. The summed E-state index contributed by atoms with van der Waals surface area (Å²) in [5.74, 6) is 0.204. The summed E-state index contributed by atoms with van der Waals surface area (Å²) in [6.45, 7) is 2.57. The Bertz CT molecular complexity index is 991. The molecule has 1 amide bonds. The van der Waals surface area contributed by atoms with Crippen molar-refractivity contribution in [3.05, 3.63) is 75.6 Å². The third-order valence-electron chi connectivity index (χ3n) is 4.60. The van der Waals surface area contributed by atoms with Crippen LogP contribution in [0.3, 0.4) is 0 Å². The largest absolute Gasteiger partial charge is 0.508 e. The number of hydrogen-bond acceptors (Lipinski definition) is 3. The smallest absolute Gasteiger partial charge is 0.251 e. The molecule has 0 atom stereocenters. The van der Waals surface area contributed by atoms with Crippen LogP contribution in [-0.2, 0) is 17.6 Å². The molecule has 0 bridgehead atoms. The molecule has 0 aliphatic rings. The normalized spacial score (nSPS) is 10.9. The number of amides is 1. The number of aryl methyl sites for hydroxylation is 3. The molecule has 0 unspecified atom stereocenters. The van der Waals surface area contributed by atoms with Crippen LogP contribution in [0.1, 0.15) is 29.5 Å². The number of benzene rings is 2. The number of aromatic nitrogens is 1. The molecule has 0 saturated heterocycles. The van der Waals surface area contributed by atoms with Crippen molar-refractivity contribution >= 4 is 16.8 Å². The fourth-order valence-corrected chi connectivity index (χ4v) is 3.07. The van der Waals surface area contributed by atoms with Gasteiger partial charge in [-0.2, -0.15) is 0 Å². The molecule has 2 aromatic carbocycles. The maximum Gasteiger partial charge on any atom is 0.251 e. The third-order valence-corrected chi connectivity index (χ3v) is 4.60. The van der Waals surface area contributed by atoms with E-state index in [-0.39, 0.29) is 17.2 Å². The first kappa shape index (κ1) is 18.7. The van der Waals surface area contributed by atoms with Crippen LogP contribution in [0.15, 0.2) is 53.3 Å². The van der Waals surface area contributed by atoms with Gasteiger partial charge in [0, 0.05) is 24.0 Å². The van der Waals surface area contributed by atoms with Crippen LogP contribution in [0.25, 0.3) is 10.9 Å². The molecule has 0 fully saturated rings. The number of fused-ring (bicyclic) bond motifs is 1. The van der Waals surface area contributed by atoms with E-state index in [0.29, 0.717) is 24.9 Å². The Morgan fingerprint density at radius 1 is 1.07 bits per heavy atom. The highest BCUT2D eigenvalue weighted by Gasteiger charge is 2.07. The Morgan fingerprint density at radius 2 is 1.85 bits per heavy atom. The Labute approximate surface area is 158 Å². The lowest BCUT2D eigenvalue weighted by Crippen LogP contribution is -2.26. The number of phenols is 1. The topological polar surface area (TPSA) is 82.2 Å². The first-order chi connectivity index (χ1) is 13.0. The highest BCUT2D eigenvalue weighted by atomic mass is 16.3. The minimum absolute atomic E-state index is 0.0518. The van der Waals surface area contributed by atoms with Gasteiger partial charge in [-0.05, 0) is 67.0 Å². The summed E-state index contributed by atoms with van der Waals surface area (Å²) < 4.78 is 0. The van der Waals surface area contributed by atoms with Crippen LogP contribution in [0.5, 0.6) is 5.75 Å². The fraction of sp³-hybridized carbons (Fsp3) is 0.273. The summed E-state index contributed by atoms with van der Waals surface area (Å²) in [6, 6.07) is 14.9. The standard InChI is InChI=1S/C22H24N2O3/c1-15-4-7-17-14-18(22(27)24-20(17)13-15)8-11-21(26)23-12-2-3-16-5-9-19(25)10-6-16/h4-7,9-10,13-14,25H,2-3,8,11-12H2,1H3,(H,23,26)(H,24,27). The van der Waals surface area contributed by atoms with Gasteiger partial charge in [0.25, 0.3) is 5.56 Å². The number of H-pyrrole nitrogens is 1. The molecule has 1 aromatic heterocycles. The molecule has 0 saturated carbocycles. The van der Waals surface area contributed by atoms with E-state index in [1.54, 1.807) is 12.1 Å². The van der Waals surface area contributed by atoms with Gasteiger partial charge in [0.15, 0.2) is 0 Å². The third kappa shape index (κ3) is 5.20. The van der Waals surface area contributed by atoms with Crippen LogP contribution in [0, 0.1) is 6.92 Å². The van der Waals surface area contributed by atoms with Crippen molar-refractivity contribution in [2.75, 3.05) is 6.54 Å². The maximum atomic E-state index is 12.2.